The Morgan fingerprint density at radius 3 is 2.57 bits per heavy atom. The van der Waals surface area contributed by atoms with Gasteiger partial charge in [-0.3, -0.25) is 14.6 Å². The van der Waals surface area contributed by atoms with Crippen molar-refractivity contribution >= 4 is 23.0 Å². The Hall–Kier alpha value is -3.99. The van der Waals surface area contributed by atoms with E-state index in [-0.39, 0.29) is 43.1 Å². The Kier molecular flexibility index (Phi) is 8.74. The van der Waals surface area contributed by atoms with E-state index in [0.29, 0.717) is 18.6 Å². The van der Waals surface area contributed by atoms with Gasteiger partial charge in [-0.2, -0.15) is 0 Å². The average molecular weight is 487 g/mol. The molecule has 186 valence electrons. The first-order valence-corrected chi connectivity index (χ1v) is 11.0. The molecule has 0 saturated carbocycles. The van der Waals surface area contributed by atoms with Crippen molar-refractivity contribution in [2.75, 3.05) is 33.4 Å². The van der Waals surface area contributed by atoms with Crippen molar-refractivity contribution in [2.24, 2.45) is 0 Å². The number of amides is 2. The van der Waals surface area contributed by atoms with E-state index in [1.165, 1.54) is 30.0 Å². The fourth-order valence-electron chi connectivity index (χ4n) is 3.52. The number of pyridine rings is 2. The Labute approximate surface area is 200 Å². The van der Waals surface area contributed by atoms with Crippen LogP contribution in [-0.2, 0) is 22.4 Å². The van der Waals surface area contributed by atoms with E-state index in [1.54, 1.807) is 18.2 Å². The summed E-state index contributed by atoms with van der Waals surface area (Å²) >= 11 is 0. The fourth-order valence-corrected chi connectivity index (χ4v) is 3.52. The second-order valence-electron chi connectivity index (χ2n) is 7.57. The second kappa shape index (κ2) is 11.9. The van der Waals surface area contributed by atoms with Gasteiger partial charge in [0.1, 0.15) is 16.9 Å². The number of aromatic nitrogens is 2. The molecule has 3 rings (SSSR count). The minimum Gasteiger partial charge on any atom is -0.505 e. The predicted octanol–water partition coefficient (Wildman–Crippen LogP) is 1.95. The van der Waals surface area contributed by atoms with Crippen LogP contribution >= 0.6 is 0 Å². The van der Waals surface area contributed by atoms with Gasteiger partial charge >= 0.3 is 6.09 Å². The van der Waals surface area contributed by atoms with Gasteiger partial charge in [-0.15, -0.1) is 0 Å². The number of alkyl carbamates (subject to hydrolysis) is 1. The van der Waals surface area contributed by atoms with Crippen LogP contribution in [0.25, 0.3) is 11.0 Å². The molecule has 10 nitrogen and oxygen atoms in total. The number of halogens is 1. The third-order valence-electron chi connectivity index (χ3n) is 5.21. The zero-order chi connectivity index (χ0) is 25.4. The van der Waals surface area contributed by atoms with Crippen molar-refractivity contribution < 1.29 is 28.6 Å². The molecule has 3 aromatic rings. The quantitative estimate of drug-likeness (QED) is 0.373. The normalized spacial score (nSPS) is 10.8. The summed E-state index contributed by atoms with van der Waals surface area (Å²) in [5.41, 5.74) is 0.669. The lowest BCUT2D eigenvalue weighted by atomic mass is 10.1. The molecule has 2 amide bonds. The van der Waals surface area contributed by atoms with Crippen LogP contribution in [-0.4, -0.2) is 60.1 Å². The van der Waals surface area contributed by atoms with Crippen molar-refractivity contribution in [3.05, 3.63) is 69.4 Å². The molecule has 2 heterocycles. The number of hydrogen-bond acceptors (Lipinski definition) is 7. The monoisotopic (exact) mass is 486 g/mol. The Morgan fingerprint density at radius 1 is 1.14 bits per heavy atom. The number of nitrogens with one attached hydrogen (secondary N) is 2. The third kappa shape index (κ3) is 6.33. The molecular weight excluding hydrogens is 459 g/mol. The van der Waals surface area contributed by atoms with Crippen molar-refractivity contribution in [1.82, 2.24) is 20.2 Å². The zero-order valence-corrected chi connectivity index (χ0v) is 19.5. The molecule has 0 bridgehead atoms. The topological polar surface area (TPSA) is 132 Å². The number of aromatic hydroxyl groups is 1. The molecule has 0 aliphatic carbocycles. The smallest absolute Gasteiger partial charge is 0.406 e. The molecule has 0 fully saturated rings. The van der Waals surface area contributed by atoms with Gasteiger partial charge < -0.3 is 29.8 Å². The summed E-state index contributed by atoms with van der Waals surface area (Å²) in [5, 5.41) is 15.8. The van der Waals surface area contributed by atoms with E-state index in [2.05, 4.69) is 20.4 Å². The van der Waals surface area contributed by atoms with Crippen LogP contribution in [0, 0.1) is 5.82 Å². The van der Waals surface area contributed by atoms with E-state index in [4.69, 9.17) is 4.74 Å². The van der Waals surface area contributed by atoms with Gasteiger partial charge in [0.05, 0.1) is 19.2 Å². The number of nitrogens with zero attached hydrogens (tertiary/aromatic N) is 2. The lowest BCUT2D eigenvalue weighted by molar-refractivity contribution is 0.0918. The maximum absolute atomic E-state index is 13.3. The number of fused-ring (bicyclic) bond motifs is 1. The summed E-state index contributed by atoms with van der Waals surface area (Å²) in [6.07, 6.45) is 1.24. The Bertz CT molecular complexity index is 1260. The molecular formula is C24H27FN4O6. The molecule has 2 aromatic heterocycles. The number of ether oxygens (including phenoxy) is 2. The SMILES string of the molecule is CCOCCNC(=O)c1c(O)c2ncc(Cc3ccc(F)cc3)cc2n(CCNC(=O)OC)c1=O. The van der Waals surface area contributed by atoms with Crippen molar-refractivity contribution in [2.45, 2.75) is 19.9 Å². The summed E-state index contributed by atoms with van der Waals surface area (Å²) in [6.45, 7) is 2.71. The third-order valence-corrected chi connectivity index (χ3v) is 5.21. The van der Waals surface area contributed by atoms with E-state index >= 15 is 0 Å². The van der Waals surface area contributed by atoms with E-state index in [1.807, 2.05) is 6.92 Å². The number of carbonyl (C=O) groups excluding carboxylic acids is 2. The maximum Gasteiger partial charge on any atom is 0.406 e. The first kappa shape index (κ1) is 25.6. The van der Waals surface area contributed by atoms with Crippen LogP contribution in [0.3, 0.4) is 0 Å². The number of rotatable bonds is 10. The van der Waals surface area contributed by atoms with Crippen molar-refractivity contribution in [3.63, 3.8) is 0 Å². The molecule has 0 radical (unpaired) electrons. The van der Waals surface area contributed by atoms with Crippen LogP contribution in [0.4, 0.5) is 9.18 Å². The molecule has 0 saturated heterocycles. The summed E-state index contributed by atoms with van der Waals surface area (Å²) in [5.74, 6) is -1.65. The minimum absolute atomic E-state index is 0.00831. The van der Waals surface area contributed by atoms with Gasteiger partial charge in [0.2, 0.25) is 0 Å². The van der Waals surface area contributed by atoms with Crippen LogP contribution in [0.2, 0.25) is 0 Å². The molecule has 11 heteroatoms. The summed E-state index contributed by atoms with van der Waals surface area (Å²) in [4.78, 5) is 41.8. The highest BCUT2D eigenvalue weighted by Gasteiger charge is 2.23. The highest BCUT2D eigenvalue weighted by Crippen LogP contribution is 2.26. The summed E-state index contributed by atoms with van der Waals surface area (Å²) in [6, 6.07) is 7.64. The van der Waals surface area contributed by atoms with Gasteiger partial charge in [0.15, 0.2) is 5.75 Å². The Morgan fingerprint density at radius 2 is 1.89 bits per heavy atom. The van der Waals surface area contributed by atoms with Crippen molar-refractivity contribution in [3.8, 4) is 5.75 Å². The lowest BCUT2D eigenvalue weighted by Gasteiger charge is -2.16. The minimum atomic E-state index is -0.763. The molecule has 1 aromatic carbocycles. The molecule has 0 aliphatic heterocycles. The van der Waals surface area contributed by atoms with Crippen LogP contribution in [0.15, 0.2) is 41.3 Å². The molecule has 3 N–H and O–H groups in total. The van der Waals surface area contributed by atoms with Crippen LogP contribution in [0.5, 0.6) is 5.75 Å². The Balaban J connectivity index is 2.02. The molecule has 35 heavy (non-hydrogen) atoms. The van der Waals surface area contributed by atoms with Crippen LogP contribution < -0.4 is 16.2 Å². The van der Waals surface area contributed by atoms with Gasteiger partial charge in [-0.25, -0.2) is 9.18 Å². The first-order valence-electron chi connectivity index (χ1n) is 11.0. The number of carbonyl (C=O) groups is 2. The predicted molar refractivity (Wildman–Crippen MR) is 126 cm³/mol. The van der Waals surface area contributed by atoms with E-state index < -0.39 is 28.9 Å². The largest absolute Gasteiger partial charge is 0.505 e. The molecule has 0 aliphatic rings. The van der Waals surface area contributed by atoms with Gasteiger partial charge in [-0.05, 0) is 42.7 Å². The maximum atomic E-state index is 13.3. The number of methoxy groups -OCH3 is 1. The zero-order valence-electron chi connectivity index (χ0n) is 19.5. The summed E-state index contributed by atoms with van der Waals surface area (Å²) < 4.78 is 24.2. The van der Waals surface area contributed by atoms with Gasteiger partial charge in [-0.1, -0.05) is 12.1 Å². The number of benzene rings is 1. The second-order valence-corrected chi connectivity index (χ2v) is 7.57. The van der Waals surface area contributed by atoms with Crippen molar-refractivity contribution in [1.29, 1.82) is 0 Å². The van der Waals surface area contributed by atoms with Gasteiger partial charge in [0, 0.05) is 32.4 Å². The lowest BCUT2D eigenvalue weighted by Crippen LogP contribution is -2.37. The van der Waals surface area contributed by atoms with Gasteiger partial charge in [0.25, 0.3) is 11.5 Å². The molecule has 0 atom stereocenters. The van der Waals surface area contributed by atoms with E-state index in [0.717, 1.165) is 5.56 Å². The highest BCUT2D eigenvalue weighted by atomic mass is 19.1. The first-order chi connectivity index (χ1) is 16.8. The number of hydrogen-bond donors (Lipinski definition) is 3. The summed E-state index contributed by atoms with van der Waals surface area (Å²) in [7, 11) is 1.22. The standard InChI is InChI=1S/C24H27FN4O6/c1-3-35-11-9-26-22(31)19-21(30)20-18(29(23(19)32)10-8-27-24(33)34-2)13-16(14-28-20)12-15-4-6-17(25)7-5-15/h4-7,13-14,30H,3,8-12H2,1-2H3,(H,26,31)(H,27,33). The fraction of sp³-hybridized carbons (Fsp3) is 0.333. The van der Waals surface area contributed by atoms with E-state index in [9.17, 15) is 23.9 Å². The highest BCUT2D eigenvalue weighted by molar-refractivity contribution is 6.01. The average Bonchev–Trinajstić information content (AvgIpc) is 2.85. The molecule has 0 spiro atoms. The molecule has 0 unspecified atom stereocenters. The van der Waals surface area contributed by atoms with Crippen LogP contribution in [0.1, 0.15) is 28.4 Å².